The molecule has 0 saturated carbocycles. The number of rotatable bonds is 4. The molecular weight excluding hydrogens is 206 g/mol. The van der Waals surface area contributed by atoms with Crippen molar-refractivity contribution in [3.05, 3.63) is 22.4 Å². The Morgan fingerprint density at radius 3 is 2.93 bits per heavy atom. The van der Waals surface area contributed by atoms with Crippen LogP contribution < -0.4 is 5.32 Å². The highest BCUT2D eigenvalue weighted by Crippen LogP contribution is 2.27. The van der Waals surface area contributed by atoms with Gasteiger partial charge < -0.3 is 10.1 Å². The Balaban J connectivity index is 2.00. The summed E-state index contributed by atoms with van der Waals surface area (Å²) in [5.41, 5.74) is 0. The number of hydrogen-bond acceptors (Lipinski definition) is 3. The quantitative estimate of drug-likeness (QED) is 0.851. The standard InChI is InChI=1S/C12H19NOS/c1-9(2)12(11-4-3-7-15-11)13-10-5-6-14-8-10/h3-4,7,9-10,12-13H,5-6,8H2,1-2H3. The molecule has 1 aliphatic heterocycles. The molecule has 1 aliphatic rings. The van der Waals surface area contributed by atoms with Crippen LogP contribution in [0.25, 0.3) is 0 Å². The number of nitrogens with one attached hydrogen (secondary N) is 1. The molecule has 0 aliphatic carbocycles. The van der Waals surface area contributed by atoms with Gasteiger partial charge in [-0.05, 0) is 23.8 Å². The van der Waals surface area contributed by atoms with E-state index >= 15 is 0 Å². The van der Waals surface area contributed by atoms with Gasteiger partial charge >= 0.3 is 0 Å². The van der Waals surface area contributed by atoms with Gasteiger partial charge in [0.15, 0.2) is 0 Å². The fourth-order valence-electron chi connectivity index (χ4n) is 1.99. The molecule has 1 fully saturated rings. The monoisotopic (exact) mass is 225 g/mol. The maximum atomic E-state index is 5.40. The van der Waals surface area contributed by atoms with Gasteiger partial charge in [-0.1, -0.05) is 19.9 Å². The fraction of sp³-hybridized carbons (Fsp3) is 0.667. The van der Waals surface area contributed by atoms with Crippen molar-refractivity contribution < 1.29 is 4.74 Å². The van der Waals surface area contributed by atoms with Gasteiger partial charge in [0, 0.05) is 23.6 Å². The topological polar surface area (TPSA) is 21.3 Å². The maximum absolute atomic E-state index is 5.40. The van der Waals surface area contributed by atoms with Crippen LogP contribution in [0.3, 0.4) is 0 Å². The molecule has 0 aromatic carbocycles. The minimum absolute atomic E-state index is 0.483. The second-order valence-electron chi connectivity index (χ2n) is 4.46. The van der Waals surface area contributed by atoms with Gasteiger partial charge in [-0.3, -0.25) is 0 Å². The van der Waals surface area contributed by atoms with Crippen molar-refractivity contribution in [3.8, 4) is 0 Å². The summed E-state index contributed by atoms with van der Waals surface area (Å²) in [6.45, 7) is 6.32. The molecule has 2 nitrogen and oxygen atoms in total. The summed E-state index contributed by atoms with van der Waals surface area (Å²) in [5, 5.41) is 5.85. The average molecular weight is 225 g/mol. The van der Waals surface area contributed by atoms with Gasteiger partial charge in [0.05, 0.1) is 6.61 Å². The highest BCUT2D eigenvalue weighted by Gasteiger charge is 2.23. The van der Waals surface area contributed by atoms with Crippen molar-refractivity contribution in [2.75, 3.05) is 13.2 Å². The van der Waals surface area contributed by atoms with E-state index in [0.717, 1.165) is 19.6 Å². The molecule has 0 spiro atoms. The maximum Gasteiger partial charge on any atom is 0.0620 e. The number of thiophene rings is 1. The molecule has 1 aromatic rings. The smallest absolute Gasteiger partial charge is 0.0620 e. The fourth-order valence-corrected chi connectivity index (χ4v) is 2.95. The summed E-state index contributed by atoms with van der Waals surface area (Å²) in [5.74, 6) is 0.629. The van der Waals surface area contributed by atoms with E-state index in [1.165, 1.54) is 4.88 Å². The van der Waals surface area contributed by atoms with Gasteiger partial charge in [0.25, 0.3) is 0 Å². The molecule has 0 radical (unpaired) electrons. The van der Waals surface area contributed by atoms with Gasteiger partial charge in [0.1, 0.15) is 0 Å². The van der Waals surface area contributed by atoms with Gasteiger partial charge in [-0.2, -0.15) is 0 Å². The SMILES string of the molecule is CC(C)C(NC1CCOC1)c1cccs1. The van der Waals surface area contributed by atoms with Crippen molar-refractivity contribution in [2.24, 2.45) is 5.92 Å². The molecule has 3 heteroatoms. The van der Waals surface area contributed by atoms with Crippen LogP contribution in [0.15, 0.2) is 17.5 Å². The van der Waals surface area contributed by atoms with Crippen LogP contribution in [0, 0.1) is 5.92 Å². The lowest BCUT2D eigenvalue weighted by atomic mass is 10.0. The second-order valence-corrected chi connectivity index (χ2v) is 5.44. The van der Waals surface area contributed by atoms with Crippen LogP contribution >= 0.6 is 11.3 Å². The van der Waals surface area contributed by atoms with Crippen molar-refractivity contribution in [1.29, 1.82) is 0 Å². The molecular formula is C12H19NOS. The van der Waals surface area contributed by atoms with Gasteiger partial charge in [-0.25, -0.2) is 0 Å². The predicted octanol–water partition coefficient (Wildman–Crippen LogP) is 2.82. The van der Waals surface area contributed by atoms with Crippen LogP contribution in [-0.2, 0) is 4.74 Å². The molecule has 1 saturated heterocycles. The molecule has 2 heterocycles. The first-order valence-electron chi connectivity index (χ1n) is 5.64. The first-order chi connectivity index (χ1) is 7.27. The predicted molar refractivity (Wildman–Crippen MR) is 64.3 cm³/mol. The zero-order chi connectivity index (χ0) is 10.7. The van der Waals surface area contributed by atoms with Crippen molar-refractivity contribution in [3.63, 3.8) is 0 Å². The normalized spacial score (nSPS) is 23.5. The van der Waals surface area contributed by atoms with Crippen LogP contribution in [0.5, 0.6) is 0 Å². The van der Waals surface area contributed by atoms with E-state index in [0.29, 0.717) is 18.0 Å². The molecule has 0 amide bonds. The van der Waals surface area contributed by atoms with E-state index < -0.39 is 0 Å². The summed E-state index contributed by atoms with van der Waals surface area (Å²) < 4.78 is 5.40. The minimum Gasteiger partial charge on any atom is -0.380 e. The first kappa shape index (κ1) is 11.1. The molecule has 2 rings (SSSR count). The lowest BCUT2D eigenvalue weighted by Crippen LogP contribution is -2.35. The Bertz CT molecular complexity index is 278. The van der Waals surface area contributed by atoms with Crippen LogP contribution in [-0.4, -0.2) is 19.3 Å². The lowest BCUT2D eigenvalue weighted by molar-refractivity contribution is 0.186. The Morgan fingerprint density at radius 2 is 2.40 bits per heavy atom. The average Bonchev–Trinajstić information content (AvgIpc) is 2.87. The van der Waals surface area contributed by atoms with Crippen molar-refractivity contribution in [1.82, 2.24) is 5.32 Å². The van der Waals surface area contributed by atoms with Gasteiger partial charge in [-0.15, -0.1) is 11.3 Å². The van der Waals surface area contributed by atoms with Crippen LogP contribution in [0.2, 0.25) is 0 Å². The largest absolute Gasteiger partial charge is 0.380 e. The second kappa shape index (κ2) is 5.10. The third-order valence-electron chi connectivity index (χ3n) is 2.86. The molecule has 1 aromatic heterocycles. The Hall–Kier alpha value is -0.380. The summed E-state index contributed by atoms with van der Waals surface area (Å²) in [6.07, 6.45) is 1.15. The molecule has 84 valence electrons. The first-order valence-corrected chi connectivity index (χ1v) is 6.52. The van der Waals surface area contributed by atoms with E-state index in [9.17, 15) is 0 Å². The molecule has 15 heavy (non-hydrogen) atoms. The lowest BCUT2D eigenvalue weighted by Gasteiger charge is -2.24. The van der Waals surface area contributed by atoms with Crippen LogP contribution in [0.4, 0.5) is 0 Å². The molecule has 2 unspecified atom stereocenters. The highest BCUT2D eigenvalue weighted by atomic mass is 32.1. The minimum atomic E-state index is 0.483. The summed E-state index contributed by atoms with van der Waals surface area (Å²) >= 11 is 1.84. The molecule has 1 N–H and O–H groups in total. The molecule has 0 bridgehead atoms. The summed E-state index contributed by atoms with van der Waals surface area (Å²) in [6, 6.07) is 5.37. The zero-order valence-corrected chi connectivity index (χ0v) is 10.2. The number of hydrogen-bond donors (Lipinski definition) is 1. The van der Waals surface area contributed by atoms with Crippen LogP contribution in [0.1, 0.15) is 31.2 Å². The Labute approximate surface area is 95.6 Å². The third kappa shape index (κ3) is 2.80. The van der Waals surface area contributed by atoms with Crippen molar-refractivity contribution >= 4 is 11.3 Å². The van der Waals surface area contributed by atoms with E-state index in [4.69, 9.17) is 4.74 Å². The van der Waals surface area contributed by atoms with E-state index in [1.807, 2.05) is 11.3 Å². The summed E-state index contributed by atoms with van der Waals surface area (Å²) in [7, 11) is 0. The Kier molecular flexibility index (Phi) is 3.78. The Morgan fingerprint density at radius 1 is 1.53 bits per heavy atom. The summed E-state index contributed by atoms with van der Waals surface area (Å²) in [4.78, 5) is 1.44. The van der Waals surface area contributed by atoms with E-state index in [1.54, 1.807) is 0 Å². The third-order valence-corrected chi connectivity index (χ3v) is 3.82. The highest BCUT2D eigenvalue weighted by molar-refractivity contribution is 7.10. The van der Waals surface area contributed by atoms with E-state index in [2.05, 4.69) is 36.7 Å². The van der Waals surface area contributed by atoms with E-state index in [-0.39, 0.29) is 0 Å². The zero-order valence-electron chi connectivity index (χ0n) is 9.40. The van der Waals surface area contributed by atoms with Crippen molar-refractivity contribution in [2.45, 2.75) is 32.4 Å². The molecule has 2 atom stereocenters. The number of ether oxygens (including phenoxy) is 1. The van der Waals surface area contributed by atoms with Gasteiger partial charge in [0.2, 0.25) is 0 Å².